The van der Waals surface area contributed by atoms with Crippen LogP contribution in [-0.4, -0.2) is 16.2 Å². The Bertz CT molecular complexity index is 1420. The maximum absolute atomic E-state index is 13.4. The highest BCUT2D eigenvalue weighted by molar-refractivity contribution is 6.30. The summed E-state index contributed by atoms with van der Waals surface area (Å²) in [5.74, 6) is 0.843. The SMILES string of the molecule is CCc1ccc(-c2noc(C3=C(C)N(c4ccc(CC)cc4)C(=O)NC3c3cccc(Cl)c3)n2)cc1. The van der Waals surface area contributed by atoms with E-state index < -0.39 is 6.04 Å². The largest absolute Gasteiger partial charge is 0.334 e. The van der Waals surface area contributed by atoms with E-state index in [2.05, 4.69) is 36.5 Å². The van der Waals surface area contributed by atoms with Crippen molar-refractivity contribution in [3.8, 4) is 11.4 Å². The summed E-state index contributed by atoms with van der Waals surface area (Å²) in [6.07, 6.45) is 1.88. The van der Waals surface area contributed by atoms with Gasteiger partial charge in [0.2, 0.25) is 5.82 Å². The van der Waals surface area contributed by atoms with Crippen molar-refractivity contribution in [2.45, 2.75) is 39.7 Å². The minimum atomic E-state index is -0.502. The Hall–Kier alpha value is -3.90. The zero-order valence-corrected chi connectivity index (χ0v) is 21.2. The van der Waals surface area contributed by atoms with Crippen molar-refractivity contribution in [1.82, 2.24) is 15.5 Å². The van der Waals surface area contributed by atoms with E-state index in [1.54, 1.807) is 11.0 Å². The molecule has 0 spiro atoms. The average Bonchev–Trinajstić information content (AvgIpc) is 3.38. The molecule has 0 saturated carbocycles. The van der Waals surface area contributed by atoms with Gasteiger partial charge in [0.1, 0.15) is 0 Å². The Morgan fingerprint density at radius 3 is 2.28 bits per heavy atom. The number of allylic oxidation sites excluding steroid dienone is 1. The molecule has 7 heteroatoms. The summed E-state index contributed by atoms with van der Waals surface area (Å²) >= 11 is 6.30. The molecule has 5 rings (SSSR count). The highest BCUT2D eigenvalue weighted by Crippen LogP contribution is 2.39. The van der Waals surface area contributed by atoms with Gasteiger partial charge in [-0.15, -0.1) is 0 Å². The lowest BCUT2D eigenvalue weighted by Gasteiger charge is -2.35. The van der Waals surface area contributed by atoms with Gasteiger partial charge in [0.15, 0.2) is 0 Å². The number of nitrogens with zero attached hydrogens (tertiary/aromatic N) is 3. The Labute approximate surface area is 215 Å². The molecule has 0 radical (unpaired) electrons. The van der Waals surface area contributed by atoms with Gasteiger partial charge in [-0.3, -0.25) is 4.90 Å². The third-order valence-electron chi connectivity index (χ3n) is 6.55. The van der Waals surface area contributed by atoms with Gasteiger partial charge >= 0.3 is 6.03 Å². The van der Waals surface area contributed by atoms with Gasteiger partial charge in [0, 0.05) is 16.3 Å². The van der Waals surface area contributed by atoms with E-state index in [4.69, 9.17) is 21.1 Å². The average molecular weight is 499 g/mol. The lowest BCUT2D eigenvalue weighted by molar-refractivity contribution is 0.244. The molecule has 4 aromatic rings. The van der Waals surface area contributed by atoms with Crippen LogP contribution in [0, 0.1) is 0 Å². The predicted molar refractivity (Wildman–Crippen MR) is 143 cm³/mol. The fraction of sp³-hybridized carbons (Fsp3) is 0.207. The highest BCUT2D eigenvalue weighted by atomic mass is 35.5. The smallest absolute Gasteiger partial charge is 0.326 e. The summed E-state index contributed by atoms with van der Waals surface area (Å²) in [6, 6.07) is 22.8. The number of aryl methyl sites for hydroxylation is 2. The quantitative estimate of drug-likeness (QED) is 0.304. The fourth-order valence-corrected chi connectivity index (χ4v) is 4.69. The standard InChI is InChI=1S/C29H27ClN4O2/c1-4-19-9-13-21(14-10-19)27-32-28(36-33-27)25-18(3)34(24-15-11-20(5-2)12-16-24)29(35)31-26(25)22-7-6-8-23(30)17-22/h6-17,26H,4-5H2,1-3H3,(H,31,35). The maximum atomic E-state index is 13.4. The summed E-state index contributed by atoms with van der Waals surface area (Å²) in [4.78, 5) is 19.8. The zero-order valence-electron chi connectivity index (χ0n) is 20.5. The number of carbonyl (C=O) groups excluding carboxylic acids is 1. The Kier molecular flexibility index (Phi) is 6.61. The monoisotopic (exact) mass is 498 g/mol. The van der Waals surface area contributed by atoms with Crippen molar-refractivity contribution in [3.63, 3.8) is 0 Å². The first-order chi connectivity index (χ1) is 17.5. The van der Waals surface area contributed by atoms with Gasteiger partial charge in [0.25, 0.3) is 5.89 Å². The van der Waals surface area contributed by atoms with Crippen LogP contribution >= 0.6 is 11.6 Å². The number of nitrogens with one attached hydrogen (secondary N) is 1. The molecular weight excluding hydrogens is 472 g/mol. The molecule has 2 amide bonds. The summed E-state index contributed by atoms with van der Waals surface area (Å²) in [7, 11) is 0. The van der Waals surface area contributed by atoms with Crippen molar-refractivity contribution in [2.75, 3.05) is 4.90 Å². The molecule has 1 atom stereocenters. The Morgan fingerprint density at radius 2 is 1.64 bits per heavy atom. The number of carbonyl (C=O) groups is 1. The molecule has 3 aromatic carbocycles. The molecule has 6 nitrogen and oxygen atoms in total. The van der Waals surface area contributed by atoms with E-state index in [-0.39, 0.29) is 6.03 Å². The molecule has 182 valence electrons. The van der Waals surface area contributed by atoms with Gasteiger partial charge in [-0.1, -0.05) is 79.1 Å². The second-order valence-corrected chi connectivity index (χ2v) is 9.20. The maximum Gasteiger partial charge on any atom is 0.326 e. The van der Waals surface area contributed by atoms with Crippen LogP contribution in [0.4, 0.5) is 10.5 Å². The van der Waals surface area contributed by atoms with Crippen LogP contribution in [0.15, 0.2) is 83.0 Å². The lowest BCUT2D eigenvalue weighted by Crippen LogP contribution is -2.46. The first kappa shape index (κ1) is 23.8. The molecule has 2 heterocycles. The molecule has 1 aliphatic rings. The summed E-state index contributed by atoms with van der Waals surface area (Å²) in [5, 5.41) is 7.96. The summed E-state index contributed by atoms with van der Waals surface area (Å²) in [6.45, 7) is 6.12. The molecule has 0 bridgehead atoms. The summed E-state index contributed by atoms with van der Waals surface area (Å²) in [5.41, 5.74) is 6.33. The third kappa shape index (κ3) is 4.52. The topological polar surface area (TPSA) is 71.3 Å². The van der Waals surface area contributed by atoms with Crippen LogP contribution in [0.5, 0.6) is 0 Å². The molecule has 1 unspecified atom stereocenters. The molecule has 0 saturated heterocycles. The van der Waals surface area contributed by atoms with Crippen LogP contribution < -0.4 is 10.2 Å². The second kappa shape index (κ2) is 9.99. The lowest BCUT2D eigenvalue weighted by atomic mass is 9.94. The van der Waals surface area contributed by atoms with E-state index in [1.165, 1.54) is 11.1 Å². The van der Waals surface area contributed by atoms with Crippen LogP contribution in [0.3, 0.4) is 0 Å². The normalized spacial score (nSPS) is 15.8. The van der Waals surface area contributed by atoms with Crippen LogP contribution in [-0.2, 0) is 12.8 Å². The van der Waals surface area contributed by atoms with E-state index in [9.17, 15) is 4.79 Å². The number of aromatic nitrogens is 2. The fourth-order valence-electron chi connectivity index (χ4n) is 4.49. The molecule has 0 aliphatic carbocycles. The molecule has 1 N–H and O–H groups in total. The molecule has 0 fully saturated rings. The van der Waals surface area contributed by atoms with E-state index >= 15 is 0 Å². The van der Waals surface area contributed by atoms with Gasteiger partial charge in [0.05, 0.1) is 17.3 Å². The summed E-state index contributed by atoms with van der Waals surface area (Å²) < 4.78 is 5.79. The number of urea groups is 1. The zero-order chi connectivity index (χ0) is 25.2. The van der Waals surface area contributed by atoms with Crippen molar-refractivity contribution in [2.24, 2.45) is 0 Å². The van der Waals surface area contributed by atoms with Crippen LogP contribution in [0.25, 0.3) is 17.0 Å². The van der Waals surface area contributed by atoms with Gasteiger partial charge in [-0.05, 0) is 60.7 Å². The van der Waals surface area contributed by atoms with Crippen molar-refractivity contribution >= 4 is 28.9 Å². The number of benzene rings is 3. The second-order valence-electron chi connectivity index (χ2n) is 8.77. The van der Waals surface area contributed by atoms with Crippen molar-refractivity contribution in [1.29, 1.82) is 0 Å². The van der Waals surface area contributed by atoms with E-state index in [0.29, 0.717) is 22.4 Å². The van der Waals surface area contributed by atoms with Crippen molar-refractivity contribution in [3.05, 3.63) is 106 Å². The number of hydrogen-bond donors (Lipinski definition) is 1. The minimum Gasteiger partial charge on any atom is -0.334 e. The van der Waals surface area contributed by atoms with Gasteiger partial charge in [-0.25, -0.2) is 4.79 Å². The third-order valence-corrected chi connectivity index (χ3v) is 6.78. The van der Waals surface area contributed by atoms with Crippen LogP contribution in [0.2, 0.25) is 5.02 Å². The number of anilines is 1. The van der Waals surface area contributed by atoms with Crippen LogP contribution in [0.1, 0.15) is 49.4 Å². The number of halogens is 1. The van der Waals surface area contributed by atoms with Crippen molar-refractivity contribution < 1.29 is 9.32 Å². The first-order valence-electron chi connectivity index (χ1n) is 12.1. The Balaban J connectivity index is 1.62. The number of amides is 2. The molecule has 1 aliphatic heterocycles. The van der Waals surface area contributed by atoms with E-state index in [1.807, 2.05) is 61.5 Å². The van der Waals surface area contributed by atoms with Gasteiger partial charge in [-0.2, -0.15) is 4.98 Å². The molecule has 36 heavy (non-hydrogen) atoms. The first-order valence-corrected chi connectivity index (χ1v) is 12.5. The highest BCUT2D eigenvalue weighted by Gasteiger charge is 2.36. The molecule has 1 aromatic heterocycles. The molecular formula is C29H27ClN4O2. The van der Waals surface area contributed by atoms with Gasteiger partial charge < -0.3 is 9.84 Å². The number of rotatable bonds is 6. The minimum absolute atomic E-state index is 0.236. The van der Waals surface area contributed by atoms with E-state index in [0.717, 1.165) is 35.2 Å². The Morgan fingerprint density at radius 1 is 0.972 bits per heavy atom. The number of hydrogen-bond acceptors (Lipinski definition) is 4. The predicted octanol–water partition coefficient (Wildman–Crippen LogP) is 7.22.